The van der Waals surface area contributed by atoms with Gasteiger partial charge in [-0.3, -0.25) is 4.68 Å². The molecule has 78 valence electrons. The number of hydrogen-bond acceptors (Lipinski definition) is 2. The molecule has 2 rings (SSSR count). The summed E-state index contributed by atoms with van der Waals surface area (Å²) in [5.74, 6) is 1.01. The molecule has 0 radical (unpaired) electrons. The van der Waals surface area contributed by atoms with Gasteiger partial charge in [-0.2, -0.15) is 5.10 Å². The first-order valence-electron chi connectivity index (χ1n) is 4.68. The molecule has 1 aromatic carbocycles. The van der Waals surface area contributed by atoms with Crippen molar-refractivity contribution in [3.63, 3.8) is 0 Å². The summed E-state index contributed by atoms with van der Waals surface area (Å²) in [6, 6.07) is 10.2. The van der Waals surface area contributed by atoms with Crippen LogP contribution in [0.15, 0.2) is 34.8 Å². The Balaban J connectivity index is 2.41. The predicted molar refractivity (Wildman–Crippen MR) is 65.9 cm³/mol. The monoisotopic (exact) mass is 265 g/mol. The molecular weight excluding hydrogens is 254 g/mol. The molecule has 1 aromatic heterocycles. The van der Waals surface area contributed by atoms with E-state index in [0.29, 0.717) is 0 Å². The van der Waals surface area contributed by atoms with Crippen molar-refractivity contribution in [2.75, 3.05) is 12.4 Å². The first-order chi connectivity index (χ1) is 7.20. The van der Waals surface area contributed by atoms with Gasteiger partial charge in [-0.05, 0) is 12.1 Å². The highest BCUT2D eigenvalue weighted by molar-refractivity contribution is 9.10. The van der Waals surface area contributed by atoms with E-state index in [1.807, 2.05) is 49.1 Å². The van der Waals surface area contributed by atoms with Crippen molar-refractivity contribution in [2.45, 2.75) is 0 Å². The molecule has 2 aromatic rings. The van der Waals surface area contributed by atoms with E-state index >= 15 is 0 Å². The Morgan fingerprint density at radius 2 is 1.93 bits per heavy atom. The third-order valence-corrected chi connectivity index (χ3v) is 2.80. The number of benzene rings is 1. The molecule has 0 aliphatic heterocycles. The van der Waals surface area contributed by atoms with Crippen LogP contribution >= 0.6 is 15.9 Å². The number of rotatable bonds is 2. The van der Waals surface area contributed by atoms with E-state index in [1.54, 1.807) is 0 Å². The van der Waals surface area contributed by atoms with Crippen molar-refractivity contribution in [3.8, 4) is 11.3 Å². The molecule has 1 N–H and O–H groups in total. The Kier molecular flexibility index (Phi) is 2.77. The van der Waals surface area contributed by atoms with Crippen LogP contribution in [0.25, 0.3) is 11.3 Å². The van der Waals surface area contributed by atoms with Crippen molar-refractivity contribution in [3.05, 3.63) is 34.8 Å². The average Bonchev–Trinajstić information content (AvgIpc) is 2.61. The number of aromatic nitrogens is 2. The zero-order valence-electron chi connectivity index (χ0n) is 8.66. The fraction of sp³-hybridized carbons (Fsp3) is 0.182. The van der Waals surface area contributed by atoms with Gasteiger partial charge in [-0.25, -0.2) is 0 Å². The van der Waals surface area contributed by atoms with E-state index in [0.717, 1.165) is 21.5 Å². The highest BCUT2D eigenvalue weighted by atomic mass is 79.9. The number of nitrogens with one attached hydrogen (secondary N) is 1. The van der Waals surface area contributed by atoms with Crippen molar-refractivity contribution < 1.29 is 0 Å². The molecule has 0 saturated carbocycles. The molecule has 3 nitrogen and oxygen atoms in total. The summed E-state index contributed by atoms with van der Waals surface area (Å²) in [5.41, 5.74) is 2.10. The van der Waals surface area contributed by atoms with E-state index in [1.165, 1.54) is 0 Å². The highest BCUT2D eigenvalue weighted by Crippen LogP contribution is 2.22. The van der Waals surface area contributed by atoms with Gasteiger partial charge < -0.3 is 5.32 Å². The summed E-state index contributed by atoms with van der Waals surface area (Å²) in [5, 5.41) is 7.51. The quantitative estimate of drug-likeness (QED) is 0.905. The van der Waals surface area contributed by atoms with E-state index in [9.17, 15) is 0 Å². The molecule has 0 aliphatic carbocycles. The van der Waals surface area contributed by atoms with Crippen LogP contribution in [0.5, 0.6) is 0 Å². The van der Waals surface area contributed by atoms with Crippen LogP contribution in [0.2, 0.25) is 0 Å². The summed E-state index contributed by atoms with van der Waals surface area (Å²) >= 11 is 3.41. The Hall–Kier alpha value is -1.29. The van der Waals surface area contributed by atoms with Gasteiger partial charge in [0.1, 0.15) is 5.82 Å². The molecule has 0 unspecified atom stereocenters. The lowest BCUT2D eigenvalue weighted by atomic mass is 10.2. The van der Waals surface area contributed by atoms with Gasteiger partial charge in [-0.1, -0.05) is 28.1 Å². The molecule has 0 fully saturated rings. The van der Waals surface area contributed by atoms with Crippen LogP contribution < -0.4 is 5.32 Å². The first-order valence-corrected chi connectivity index (χ1v) is 5.48. The highest BCUT2D eigenvalue weighted by Gasteiger charge is 2.05. The Morgan fingerprint density at radius 3 is 2.47 bits per heavy atom. The van der Waals surface area contributed by atoms with Gasteiger partial charge in [0.15, 0.2) is 0 Å². The van der Waals surface area contributed by atoms with E-state index < -0.39 is 0 Å². The van der Waals surface area contributed by atoms with Crippen LogP contribution in [0, 0.1) is 0 Å². The second kappa shape index (κ2) is 4.06. The summed E-state index contributed by atoms with van der Waals surface area (Å²) in [7, 11) is 3.82. The maximum atomic E-state index is 4.42. The zero-order valence-corrected chi connectivity index (χ0v) is 10.2. The van der Waals surface area contributed by atoms with Crippen molar-refractivity contribution in [1.82, 2.24) is 9.78 Å². The molecule has 0 amide bonds. The zero-order chi connectivity index (χ0) is 10.8. The smallest absolute Gasteiger partial charge is 0.124 e. The van der Waals surface area contributed by atoms with E-state index in [-0.39, 0.29) is 0 Å². The van der Waals surface area contributed by atoms with Crippen LogP contribution in [0.1, 0.15) is 0 Å². The Bertz CT molecular complexity index is 459. The minimum atomic E-state index is 0.981. The second-order valence-electron chi connectivity index (χ2n) is 3.30. The molecular formula is C11H12BrN3. The molecule has 0 spiro atoms. The molecule has 0 atom stereocenters. The number of halogens is 1. The lowest BCUT2D eigenvalue weighted by Gasteiger charge is -1.96. The molecule has 0 aliphatic rings. The van der Waals surface area contributed by atoms with E-state index in [2.05, 4.69) is 26.3 Å². The van der Waals surface area contributed by atoms with Crippen molar-refractivity contribution in [1.29, 1.82) is 0 Å². The number of aryl methyl sites for hydroxylation is 1. The van der Waals surface area contributed by atoms with Crippen LogP contribution in [0.3, 0.4) is 0 Å². The number of anilines is 1. The minimum absolute atomic E-state index is 0.981. The fourth-order valence-electron chi connectivity index (χ4n) is 1.46. The summed E-state index contributed by atoms with van der Waals surface area (Å²) < 4.78 is 2.91. The lowest BCUT2D eigenvalue weighted by Crippen LogP contribution is -1.97. The van der Waals surface area contributed by atoms with Gasteiger partial charge in [0, 0.05) is 30.2 Å². The maximum absolute atomic E-state index is 4.42. The van der Waals surface area contributed by atoms with Crippen molar-refractivity contribution in [2.24, 2.45) is 7.05 Å². The second-order valence-corrected chi connectivity index (χ2v) is 4.21. The SMILES string of the molecule is CNc1cc(-c2ccc(Br)cc2)nn1C. The van der Waals surface area contributed by atoms with Crippen LogP contribution in [0.4, 0.5) is 5.82 Å². The minimum Gasteiger partial charge on any atom is -0.373 e. The normalized spacial score (nSPS) is 10.3. The Morgan fingerprint density at radius 1 is 1.27 bits per heavy atom. The first kappa shape index (κ1) is 10.2. The Labute approximate surface area is 97.2 Å². The standard InChI is InChI=1S/C11H12BrN3/c1-13-11-7-10(14-15(11)2)8-3-5-9(12)6-4-8/h3-7,13H,1-2H3. The fourth-order valence-corrected chi connectivity index (χ4v) is 1.73. The third kappa shape index (κ3) is 2.04. The molecule has 0 bridgehead atoms. The van der Waals surface area contributed by atoms with E-state index in [4.69, 9.17) is 0 Å². The number of nitrogens with zero attached hydrogens (tertiary/aromatic N) is 2. The predicted octanol–water partition coefficient (Wildman–Crippen LogP) is 2.89. The van der Waals surface area contributed by atoms with Crippen molar-refractivity contribution >= 4 is 21.7 Å². The number of hydrogen-bond donors (Lipinski definition) is 1. The van der Waals surface area contributed by atoms with Gasteiger partial charge in [0.2, 0.25) is 0 Å². The molecule has 0 saturated heterocycles. The largest absolute Gasteiger partial charge is 0.373 e. The molecule has 15 heavy (non-hydrogen) atoms. The van der Waals surface area contributed by atoms with Crippen LogP contribution in [-0.2, 0) is 7.05 Å². The average molecular weight is 266 g/mol. The van der Waals surface area contributed by atoms with Gasteiger partial charge >= 0.3 is 0 Å². The van der Waals surface area contributed by atoms with Crippen LogP contribution in [-0.4, -0.2) is 16.8 Å². The van der Waals surface area contributed by atoms with Gasteiger partial charge in [0.05, 0.1) is 5.69 Å². The van der Waals surface area contributed by atoms with Gasteiger partial charge in [0.25, 0.3) is 0 Å². The molecule has 4 heteroatoms. The third-order valence-electron chi connectivity index (χ3n) is 2.28. The maximum Gasteiger partial charge on any atom is 0.124 e. The summed E-state index contributed by atoms with van der Waals surface area (Å²) in [6.45, 7) is 0. The molecule has 1 heterocycles. The van der Waals surface area contributed by atoms with Gasteiger partial charge in [-0.15, -0.1) is 0 Å². The topological polar surface area (TPSA) is 29.9 Å². The lowest BCUT2D eigenvalue weighted by molar-refractivity contribution is 0.778. The summed E-state index contributed by atoms with van der Waals surface area (Å²) in [4.78, 5) is 0. The summed E-state index contributed by atoms with van der Waals surface area (Å²) in [6.07, 6.45) is 0.